The van der Waals surface area contributed by atoms with Gasteiger partial charge in [0.15, 0.2) is 0 Å². The summed E-state index contributed by atoms with van der Waals surface area (Å²) < 4.78 is 50.8. The molecule has 1 aromatic heterocycles. The van der Waals surface area contributed by atoms with E-state index in [2.05, 4.69) is 10.3 Å². The van der Waals surface area contributed by atoms with Gasteiger partial charge in [0.25, 0.3) is 0 Å². The van der Waals surface area contributed by atoms with E-state index in [1.807, 2.05) is 0 Å². The summed E-state index contributed by atoms with van der Waals surface area (Å²) in [5, 5.41) is 11.7. The van der Waals surface area contributed by atoms with Crippen molar-refractivity contribution >= 4 is 17.3 Å². The lowest BCUT2D eigenvalue weighted by molar-refractivity contribution is -0.141. The van der Waals surface area contributed by atoms with Gasteiger partial charge in [0.2, 0.25) is 0 Å². The number of carboxylic acid groups (broad SMARTS) is 1. The van der Waals surface area contributed by atoms with Crippen molar-refractivity contribution in [1.29, 1.82) is 0 Å². The second-order valence-electron chi connectivity index (χ2n) is 4.50. The summed E-state index contributed by atoms with van der Waals surface area (Å²) in [6.45, 7) is 1.57. The van der Waals surface area contributed by atoms with Crippen LogP contribution in [0.4, 0.5) is 28.9 Å². The second-order valence-corrected chi connectivity index (χ2v) is 4.50. The molecule has 0 radical (unpaired) electrons. The van der Waals surface area contributed by atoms with E-state index in [4.69, 9.17) is 5.11 Å². The van der Waals surface area contributed by atoms with E-state index in [1.165, 1.54) is 12.1 Å². The standard InChI is InChI=1S/C14H10F4N2O2/c1-7-4-8(15)2-3-10(7)20-11-6-19-12(14(16,17)18)5-9(11)13(21)22/h2-6,20H,1H3,(H,21,22). The Morgan fingerprint density at radius 3 is 2.45 bits per heavy atom. The van der Waals surface area contributed by atoms with E-state index < -0.39 is 29.2 Å². The van der Waals surface area contributed by atoms with Crippen molar-refractivity contribution in [3.05, 3.63) is 53.1 Å². The van der Waals surface area contributed by atoms with Crippen molar-refractivity contribution < 1.29 is 27.5 Å². The minimum Gasteiger partial charge on any atom is -0.478 e. The summed E-state index contributed by atoms with van der Waals surface area (Å²) in [5.74, 6) is -2.01. The number of nitrogens with one attached hydrogen (secondary N) is 1. The average molecular weight is 314 g/mol. The zero-order chi connectivity index (χ0) is 16.5. The van der Waals surface area contributed by atoms with Gasteiger partial charge >= 0.3 is 12.1 Å². The monoisotopic (exact) mass is 314 g/mol. The van der Waals surface area contributed by atoms with Crippen LogP contribution in [0.1, 0.15) is 21.6 Å². The molecule has 4 nitrogen and oxygen atoms in total. The van der Waals surface area contributed by atoms with Crippen LogP contribution < -0.4 is 5.32 Å². The van der Waals surface area contributed by atoms with Crippen LogP contribution in [0.3, 0.4) is 0 Å². The lowest BCUT2D eigenvalue weighted by Crippen LogP contribution is -2.12. The Morgan fingerprint density at radius 1 is 1.23 bits per heavy atom. The number of nitrogens with zero attached hydrogens (tertiary/aromatic N) is 1. The van der Waals surface area contributed by atoms with Gasteiger partial charge in [-0.25, -0.2) is 14.2 Å². The highest BCUT2D eigenvalue weighted by Gasteiger charge is 2.33. The Morgan fingerprint density at radius 2 is 1.91 bits per heavy atom. The van der Waals surface area contributed by atoms with Gasteiger partial charge in [0.1, 0.15) is 11.5 Å². The van der Waals surface area contributed by atoms with Gasteiger partial charge < -0.3 is 10.4 Å². The highest BCUT2D eigenvalue weighted by molar-refractivity contribution is 5.95. The Labute approximate surface area is 122 Å². The number of aromatic nitrogens is 1. The molecule has 22 heavy (non-hydrogen) atoms. The maximum atomic E-state index is 13.0. The summed E-state index contributed by atoms with van der Waals surface area (Å²) in [7, 11) is 0. The summed E-state index contributed by atoms with van der Waals surface area (Å²) in [6.07, 6.45) is -3.95. The van der Waals surface area contributed by atoms with E-state index in [1.54, 1.807) is 6.92 Å². The molecule has 0 saturated carbocycles. The summed E-state index contributed by atoms with van der Waals surface area (Å²) >= 11 is 0. The molecule has 0 amide bonds. The van der Waals surface area contributed by atoms with Gasteiger partial charge in [0, 0.05) is 5.69 Å². The fraction of sp³-hybridized carbons (Fsp3) is 0.143. The maximum absolute atomic E-state index is 13.0. The van der Waals surface area contributed by atoms with Crippen molar-refractivity contribution in [2.75, 3.05) is 5.32 Å². The first-order valence-electron chi connectivity index (χ1n) is 6.02. The number of hydrogen-bond acceptors (Lipinski definition) is 3. The minimum absolute atomic E-state index is 0.116. The smallest absolute Gasteiger partial charge is 0.433 e. The second kappa shape index (κ2) is 5.63. The fourth-order valence-electron chi connectivity index (χ4n) is 1.80. The van der Waals surface area contributed by atoms with Crippen molar-refractivity contribution in [2.45, 2.75) is 13.1 Å². The van der Waals surface area contributed by atoms with Gasteiger partial charge in [-0.2, -0.15) is 13.2 Å². The Balaban J connectivity index is 2.44. The minimum atomic E-state index is -4.74. The van der Waals surface area contributed by atoms with Crippen LogP contribution >= 0.6 is 0 Å². The first-order valence-corrected chi connectivity index (χ1v) is 6.02. The van der Waals surface area contributed by atoms with Crippen LogP contribution in [0.5, 0.6) is 0 Å². The molecule has 0 spiro atoms. The quantitative estimate of drug-likeness (QED) is 0.841. The summed E-state index contributed by atoms with van der Waals surface area (Å²) in [5.41, 5.74) is -1.16. The lowest BCUT2D eigenvalue weighted by Gasteiger charge is -2.13. The predicted octanol–water partition coefficient (Wildman–Crippen LogP) is 3.99. The van der Waals surface area contributed by atoms with E-state index in [-0.39, 0.29) is 5.69 Å². The highest BCUT2D eigenvalue weighted by Crippen LogP contribution is 2.31. The van der Waals surface area contributed by atoms with Gasteiger partial charge in [-0.15, -0.1) is 0 Å². The molecule has 1 aromatic carbocycles. The number of carboxylic acids is 1. The molecule has 2 N–H and O–H groups in total. The van der Waals surface area contributed by atoms with Crippen LogP contribution in [-0.4, -0.2) is 16.1 Å². The average Bonchev–Trinajstić information content (AvgIpc) is 2.40. The number of hydrogen-bond donors (Lipinski definition) is 2. The zero-order valence-electron chi connectivity index (χ0n) is 11.2. The molecule has 0 fully saturated rings. The van der Waals surface area contributed by atoms with Gasteiger partial charge in [-0.1, -0.05) is 0 Å². The SMILES string of the molecule is Cc1cc(F)ccc1Nc1cnc(C(F)(F)F)cc1C(=O)O. The van der Waals surface area contributed by atoms with Crippen molar-refractivity contribution in [3.8, 4) is 0 Å². The number of aryl methyl sites for hydroxylation is 1. The number of anilines is 2. The van der Waals surface area contributed by atoms with Crippen LogP contribution in [0.25, 0.3) is 0 Å². The zero-order valence-corrected chi connectivity index (χ0v) is 11.2. The van der Waals surface area contributed by atoms with Crippen LogP contribution in [0, 0.1) is 12.7 Å². The maximum Gasteiger partial charge on any atom is 0.433 e. The lowest BCUT2D eigenvalue weighted by atomic mass is 10.1. The van der Waals surface area contributed by atoms with E-state index in [9.17, 15) is 22.4 Å². The fourth-order valence-corrected chi connectivity index (χ4v) is 1.80. The van der Waals surface area contributed by atoms with Gasteiger partial charge in [0.05, 0.1) is 17.4 Å². The Hall–Kier alpha value is -2.64. The predicted molar refractivity (Wildman–Crippen MR) is 70.6 cm³/mol. The first kappa shape index (κ1) is 15.7. The molecule has 0 bridgehead atoms. The van der Waals surface area contributed by atoms with Crippen molar-refractivity contribution in [1.82, 2.24) is 4.98 Å². The van der Waals surface area contributed by atoms with Gasteiger partial charge in [-0.3, -0.25) is 0 Å². The molecule has 0 aliphatic rings. The molecular formula is C14H10F4N2O2. The molecular weight excluding hydrogens is 304 g/mol. The molecule has 0 saturated heterocycles. The number of benzene rings is 1. The Kier molecular flexibility index (Phi) is 4.03. The van der Waals surface area contributed by atoms with Crippen molar-refractivity contribution in [2.24, 2.45) is 0 Å². The topological polar surface area (TPSA) is 62.2 Å². The summed E-state index contributed by atoms with van der Waals surface area (Å²) in [4.78, 5) is 14.3. The number of halogens is 4. The third-order valence-corrected chi connectivity index (χ3v) is 2.88. The number of pyridine rings is 1. The van der Waals surface area contributed by atoms with E-state index >= 15 is 0 Å². The van der Waals surface area contributed by atoms with Crippen LogP contribution in [0.2, 0.25) is 0 Å². The van der Waals surface area contributed by atoms with Crippen LogP contribution in [0.15, 0.2) is 30.5 Å². The normalized spacial score (nSPS) is 11.3. The summed E-state index contributed by atoms with van der Waals surface area (Å²) in [6, 6.07) is 4.16. The highest BCUT2D eigenvalue weighted by atomic mass is 19.4. The number of alkyl halides is 3. The largest absolute Gasteiger partial charge is 0.478 e. The molecule has 116 valence electrons. The molecule has 0 aliphatic heterocycles. The first-order chi connectivity index (χ1) is 10.2. The van der Waals surface area contributed by atoms with Crippen molar-refractivity contribution in [3.63, 3.8) is 0 Å². The van der Waals surface area contributed by atoms with Crippen LogP contribution in [-0.2, 0) is 6.18 Å². The van der Waals surface area contributed by atoms with Gasteiger partial charge in [-0.05, 0) is 36.8 Å². The van der Waals surface area contributed by atoms with E-state index in [0.29, 0.717) is 17.3 Å². The molecule has 1 heterocycles. The Bertz CT molecular complexity index is 729. The number of aromatic carboxylic acids is 1. The molecule has 8 heteroatoms. The molecule has 0 atom stereocenters. The third kappa shape index (κ3) is 3.33. The third-order valence-electron chi connectivity index (χ3n) is 2.88. The molecule has 0 unspecified atom stereocenters. The number of carbonyl (C=O) groups is 1. The number of rotatable bonds is 3. The van der Waals surface area contributed by atoms with E-state index in [0.717, 1.165) is 12.3 Å². The molecule has 2 rings (SSSR count). The molecule has 2 aromatic rings. The molecule has 0 aliphatic carbocycles.